The van der Waals surface area contributed by atoms with Crippen LogP contribution in [0.4, 0.5) is 0 Å². The van der Waals surface area contributed by atoms with Gasteiger partial charge in [0.15, 0.2) is 11.5 Å². The van der Waals surface area contributed by atoms with Crippen LogP contribution in [0.15, 0.2) is 50.1 Å². The molecule has 0 unspecified atom stereocenters. The average Bonchev–Trinajstić information content (AvgIpc) is 2.69. The van der Waals surface area contributed by atoms with Gasteiger partial charge < -0.3 is 24.4 Å². The highest BCUT2D eigenvalue weighted by Gasteiger charge is 2.23. The molecular formula is C20H26N2O4. The molecule has 0 spiro atoms. The Bertz CT molecular complexity index is 618. The highest BCUT2D eigenvalue weighted by Crippen LogP contribution is 2.39. The van der Waals surface area contributed by atoms with Gasteiger partial charge in [0, 0.05) is 31.7 Å². The van der Waals surface area contributed by atoms with E-state index < -0.39 is 0 Å². The molecule has 0 saturated carbocycles. The van der Waals surface area contributed by atoms with Crippen molar-refractivity contribution in [2.75, 3.05) is 46.0 Å². The topological polar surface area (TPSA) is 60.0 Å². The summed E-state index contributed by atoms with van der Waals surface area (Å²) in [4.78, 5) is 14.7. The lowest BCUT2D eigenvalue weighted by Gasteiger charge is -2.28. The van der Waals surface area contributed by atoms with Gasteiger partial charge in [-0.15, -0.1) is 0 Å². The molecule has 1 heterocycles. The van der Waals surface area contributed by atoms with Crippen molar-refractivity contribution in [2.24, 2.45) is 0 Å². The number of carbonyl (C=O) groups excluding carboxylic acids is 1. The van der Waals surface area contributed by atoms with E-state index in [0.29, 0.717) is 42.5 Å². The third-order valence-corrected chi connectivity index (χ3v) is 3.73. The van der Waals surface area contributed by atoms with Crippen molar-refractivity contribution in [3.8, 4) is 17.2 Å². The lowest BCUT2D eigenvalue weighted by molar-refractivity contribution is 0.0734. The first kappa shape index (κ1) is 19.6. The van der Waals surface area contributed by atoms with Gasteiger partial charge in [-0.1, -0.05) is 38.0 Å². The van der Waals surface area contributed by atoms with Crippen LogP contribution in [0.3, 0.4) is 0 Å². The van der Waals surface area contributed by atoms with Gasteiger partial charge in [0.1, 0.15) is 19.8 Å². The van der Waals surface area contributed by atoms with E-state index in [0.717, 1.165) is 13.1 Å². The van der Waals surface area contributed by atoms with Crippen LogP contribution in [0.1, 0.15) is 10.4 Å². The smallest absolute Gasteiger partial charge is 0.254 e. The minimum absolute atomic E-state index is 0.0614. The molecule has 0 bridgehead atoms. The molecule has 2 rings (SSSR count). The molecule has 0 radical (unpaired) electrons. The molecule has 0 aliphatic carbocycles. The third-order valence-electron chi connectivity index (χ3n) is 3.73. The monoisotopic (exact) mass is 358 g/mol. The second kappa shape index (κ2) is 10.3. The summed E-state index contributed by atoms with van der Waals surface area (Å²) >= 11 is 0. The van der Waals surface area contributed by atoms with E-state index in [4.69, 9.17) is 14.2 Å². The predicted octanol–water partition coefficient (Wildman–Crippen LogP) is 2.43. The maximum Gasteiger partial charge on any atom is 0.254 e. The quantitative estimate of drug-likeness (QED) is 0.651. The maximum atomic E-state index is 12.9. The van der Waals surface area contributed by atoms with E-state index in [9.17, 15) is 4.79 Å². The number of piperazine rings is 1. The number of amides is 1. The summed E-state index contributed by atoms with van der Waals surface area (Å²) < 4.78 is 17.2. The fourth-order valence-electron chi connectivity index (χ4n) is 2.55. The molecule has 1 saturated heterocycles. The fourth-order valence-corrected chi connectivity index (χ4v) is 2.55. The molecule has 0 aromatic heterocycles. The summed E-state index contributed by atoms with van der Waals surface area (Å²) in [5.41, 5.74) is 0.496. The molecule has 6 heteroatoms. The minimum Gasteiger partial charge on any atom is -0.485 e. The molecule has 1 aliphatic heterocycles. The highest BCUT2D eigenvalue weighted by molar-refractivity contribution is 5.95. The zero-order valence-electron chi connectivity index (χ0n) is 15.0. The fraction of sp³-hybridized carbons (Fsp3) is 0.350. The van der Waals surface area contributed by atoms with Crippen molar-refractivity contribution in [1.29, 1.82) is 0 Å². The molecule has 1 aromatic carbocycles. The van der Waals surface area contributed by atoms with Crippen molar-refractivity contribution in [2.45, 2.75) is 0 Å². The van der Waals surface area contributed by atoms with Crippen LogP contribution in [-0.2, 0) is 0 Å². The Labute approximate surface area is 154 Å². The van der Waals surface area contributed by atoms with Gasteiger partial charge in [-0.3, -0.25) is 4.79 Å². The van der Waals surface area contributed by atoms with E-state index in [1.54, 1.807) is 30.4 Å². The Morgan fingerprint density at radius 3 is 1.96 bits per heavy atom. The number of nitrogens with zero attached hydrogens (tertiary/aromatic N) is 1. The lowest BCUT2D eigenvalue weighted by atomic mass is 10.1. The van der Waals surface area contributed by atoms with Crippen LogP contribution in [0.25, 0.3) is 0 Å². The van der Waals surface area contributed by atoms with Crippen LogP contribution in [0, 0.1) is 0 Å². The molecule has 1 aromatic rings. The van der Waals surface area contributed by atoms with Crippen LogP contribution in [0.2, 0.25) is 0 Å². The van der Waals surface area contributed by atoms with Gasteiger partial charge in [-0.2, -0.15) is 0 Å². The summed E-state index contributed by atoms with van der Waals surface area (Å²) in [5, 5.41) is 3.24. The van der Waals surface area contributed by atoms with Crippen LogP contribution < -0.4 is 19.5 Å². The molecule has 6 nitrogen and oxygen atoms in total. The molecule has 1 amide bonds. The van der Waals surface area contributed by atoms with Crippen LogP contribution in [0.5, 0.6) is 17.2 Å². The van der Waals surface area contributed by atoms with Crippen molar-refractivity contribution in [3.63, 3.8) is 0 Å². The van der Waals surface area contributed by atoms with E-state index in [2.05, 4.69) is 25.1 Å². The maximum absolute atomic E-state index is 12.9. The number of ether oxygens (including phenoxy) is 3. The number of rotatable bonds is 10. The average molecular weight is 358 g/mol. The Kier molecular flexibility index (Phi) is 7.76. The van der Waals surface area contributed by atoms with Crippen LogP contribution in [-0.4, -0.2) is 56.8 Å². The molecule has 1 aliphatic rings. The van der Waals surface area contributed by atoms with E-state index in [-0.39, 0.29) is 19.1 Å². The standard InChI is InChI=1S/C20H26N2O4/c1-4-11-24-17-14-16(20(23)22-9-7-21-8-10-22)15-18(25-12-5-2)19(17)26-13-6-3/h4-6,14-15,21H,1-3,7-13H2. The van der Waals surface area contributed by atoms with Gasteiger partial charge in [0.2, 0.25) is 5.75 Å². The third kappa shape index (κ3) is 5.13. The summed E-state index contributed by atoms with van der Waals surface area (Å²) in [6.45, 7) is 14.8. The van der Waals surface area contributed by atoms with Gasteiger partial charge in [0.25, 0.3) is 5.91 Å². The normalized spacial score (nSPS) is 13.6. The number of nitrogens with one attached hydrogen (secondary N) is 1. The first-order valence-electron chi connectivity index (χ1n) is 8.60. The van der Waals surface area contributed by atoms with Gasteiger partial charge in [0.05, 0.1) is 0 Å². The van der Waals surface area contributed by atoms with Gasteiger partial charge in [-0.25, -0.2) is 0 Å². The Morgan fingerprint density at radius 2 is 1.46 bits per heavy atom. The first-order chi connectivity index (χ1) is 12.7. The largest absolute Gasteiger partial charge is 0.485 e. The van der Waals surface area contributed by atoms with E-state index in [1.165, 1.54) is 0 Å². The summed E-state index contributed by atoms with van der Waals surface area (Å²) in [6, 6.07) is 3.38. The molecule has 140 valence electrons. The van der Waals surface area contributed by atoms with E-state index in [1.807, 2.05) is 4.90 Å². The zero-order valence-corrected chi connectivity index (χ0v) is 15.0. The van der Waals surface area contributed by atoms with Crippen molar-refractivity contribution in [1.82, 2.24) is 10.2 Å². The molecular weight excluding hydrogens is 332 g/mol. The van der Waals surface area contributed by atoms with Gasteiger partial charge in [-0.05, 0) is 12.1 Å². The Morgan fingerprint density at radius 1 is 0.962 bits per heavy atom. The van der Waals surface area contributed by atoms with Crippen molar-refractivity contribution >= 4 is 5.91 Å². The minimum atomic E-state index is -0.0614. The first-order valence-corrected chi connectivity index (χ1v) is 8.60. The number of carbonyl (C=O) groups is 1. The second-order valence-corrected chi connectivity index (χ2v) is 5.64. The Hall–Kier alpha value is -2.73. The SMILES string of the molecule is C=CCOc1cc(C(=O)N2CCNCC2)cc(OCC=C)c1OCC=C. The molecule has 0 atom stereocenters. The highest BCUT2D eigenvalue weighted by atomic mass is 16.5. The van der Waals surface area contributed by atoms with Crippen LogP contribution >= 0.6 is 0 Å². The Balaban J connectivity index is 2.39. The van der Waals surface area contributed by atoms with Gasteiger partial charge >= 0.3 is 0 Å². The predicted molar refractivity (Wildman–Crippen MR) is 102 cm³/mol. The lowest BCUT2D eigenvalue weighted by Crippen LogP contribution is -2.46. The molecule has 1 fully saturated rings. The molecule has 26 heavy (non-hydrogen) atoms. The zero-order chi connectivity index (χ0) is 18.8. The van der Waals surface area contributed by atoms with E-state index >= 15 is 0 Å². The second-order valence-electron chi connectivity index (χ2n) is 5.64. The summed E-state index contributed by atoms with van der Waals surface area (Å²) in [5.74, 6) is 1.25. The summed E-state index contributed by atoms with van der Waals surface area (Å²) in [6.07, 6.45) is 4.90. The summed E-state index contributed by atoms with van der Waals surface area (Å²) in [7, 11) is 0. The molecule has 1 N–H and O–H groups in total. The van der Waals surface area contributed by atoms with Crippen molar-refractivity contribution in [3.05, 3.63) is 55.7 Å². The number of hydrogen-bond acceptors (Lipinski definition) is 5. The number of hydrogen-bond donors (Lipinski definition) is 1. The van der Waals surface area contributed by atoms with Crippen molar-refractivity contribution < 1.29 is 19.0 Å². The number of benzene rings is 1.